The molecule has 1 atom stereocenters. The molecular weight excluding hydrogens is 218 g/mol. The summed E-state index contributed by atoms with van der Waals surface area (Å²) in [7, 11) is 1.21. The van der Waals surface area contributed by atoms with Crippen molar-refractivity contribution in [2.45, 2.75) is 18.4 Å². The maximum Gasteiger partial charge on any atom is 0.337 e. The van der Waals surface area contributed by atoms with Gasteiger partial charge in [-0.25, -0.2) is 13.6 Å². The van der Waals surface area contributed by atoms with E-state index >= 15 is 0 Å². The summed E-state index contributed by atoms with van der Waals surface area (Å²) in [4.78, 5) is 11.2. The Balaban J connectivity index is 2.48. The Kier molecular flexibility index (Phi) is 2.42. The molecule has 0 amide bonds. The lowest BCUT2D eigenvalue weighted by Crippen LogP contribution is -2.08. The van der Waals surface area contributed by atoms with Gasteiger partial charge in [0.2, 0.25) is 0 Å². The van der Waals surface area contributed by atoms with Gasteiger partial charge in [0, 0.05) is 12.0 Å². The first kappa shape index (κ1) is 11.0. The second-order valence-electron chi connectivity index (χ2n) is 3.72. The van der Waals surface area contributed by atoms with Gasteiger partial charge in [-0.1, -0.05) is 6.07 Å². The molecule has 1 aromatic rings. The van der Waals surface area contributed by atoms with Crippen LogP contribution in [0.2, 0.25) is 0 Å². The van der Waals surface area contributed by atoms with Gasteiger partial charge in [-0.15, -0.1) is 0 Å². The smallest absolute Gasteiger partial charge is 0.337 e. The zero-order valence-electron chi connectivity index (χ0n) is 8.54. The molecule has 0 heterocycles. The molecule has 16 heavy (non-hydrogen) atoms. The Bertz CT molecular complexity index is 443. The van der Waals surface area contributed by atoms with Crippen LogP contribution in [0.3, 0.4) is 0 Å². The fourth-order valence-corrected chi connectivity index (χ4v) is 1.88. The minimum absolute atomic E-state index is 0.105. The number of hydrogen-bond donors (Lipinski definition) is 1. The SMILES string of the molecule is COC(=O)c1ccc2c(c1)[C@@H](O)CC2(F)F. The van der Waals surface area contributed by atoms with E-state index in [1.165, 1.54) is 19.2 Å². The van der Waals surface area contributed by atoms with Gasteiger partial charge in [0.15, 0.2) is 0 Å². The van der Waals surface area contributed by atoms with Crippen LogP contribution in [-0.2, 0) is 10.7 Å². The van der Waals surface area contributed by atoms with Crippen molar-refractivity contribution in [1.82, 2.24) is 0 Å². The summed E-state index contributed by atoms with van der Waals surface area (Å²) in [5, 5.41) is 9.46. The third-order valence-corrected chi connectivity index (χ3v) is 2.68. The summed E-state index contributed by atoms with van der Waals surface area (Å²) in [6, 6.07) is 3.70. The lowest BCUT2D eigenvalue weighted by atomic mass is 10.0. The van der Waals surface area contributed by atoms with Gasteiger partial charge >= 0.3 is 5.97 Å². The Hall–Kier alpha value is -1.49. The average molecular weight is 228 g/mol. The zero-order chi connectivity index (χ0) is 11.9. The molecular formula is C11H10F2O3. The Morgan fingerprint density at radius 3 is 2.88 bits per heavy atom. The molecule has 0 aliphatic heterocycles. The Morgan fingerprint density at radius 2 is 2.25 bits per heavy atom. The van der Waals surface area contributed by atoms with Crippen LogP contribution in [0.25, 0.3) is 0 Å². The first-order valence-corrected chi connectivity index (χ1v) is 4.74. The molecule has 1 aromatic carbocycles. The van der Waals surface area contributed by atoms with Crippen molar-refractivity contribution in [2.75, 3.05) is 7.11 Å². The highest BCUT2D eigenvalue weighted by atomic mass is 19.3. The number of alkyl halides is 2. The van der Waals surface area contributed by atoms with E-state index in [1.54, 1.807) is 0 Å². The maximum absolute atomic E-state index is 13.3. The van der Waals surface area contributed by atoms with Crippen molar-refractivity contribution in [2.24, 2.45) is 0 Å². The fourth-order valence-electron chi connectivity index (χ4n) is 1.88. The van der Waals surface area contributed by atoms with Crippen LogP contribution in [0, 0.1) is 0 Å². The number of carbonyl (C=O) groups excluding carboxylic acids is 1. The van der Waals surface area contributed by atoms with Crippen LogP contribution < -0.4 is 0 Å². The van der Waals surface area contributed by atoms with Crippen molar-refractivity contribution in [3.05, 3.63) is 34.9 Å². The largest absolute Gasteiger partial charge is 0.465 e. The van der Waals surface area contributed by atoms with Gasteiger partial charge in [0.05, 0.1) is 18.8 Å². The number of hydrogen-bond acceptors (Lipinski definition) is 3. The number of aliphatic hydroxyl groups excluding tert-OH is 1. The van der Waals surface area contributed by atoms with Crippen molar-refractivity contribution in [3.8, 4) is 0 Å². The van der Waals surface area contributed by atoms with Gasteiger partial charge in [-0.05, 0) is 17.7 Å². The van der Waals surface area contributed by atoms with E-state index in [0.29, 0.717) is 0 Å². The van der Waals surface area contributed by atoms with Gasteiger partial charge in [-0.2, -0.15) is 0 Å². The quantitative estimate of drug-likeness (QED) is 0.748. The summed E-state index contributed by atoms with van der Waals surface area (Å²) >= 11 is 0. The third-order valence-electron chi connectivity index (χ3n) is 2.68. The first-order valence-electron chi connectivity index (χ1n) is 4.74. The van der Waals surface area contributed by atoms with E-state index in [0.717, 1.165) is 6.07 Å². The van der Waals surface area contributed by atoms with Gasteiger partial charge < -0.3 is 9.84 Å². The molecule has 0 aromatic heterocycles. The number of carbonyl (C=O) groups is 1. The van der Waals surface area contributed by atoms with Gasteiger partial charge in [-0.3, -0.25) is 0 Å². The van der Waals surface area contributed by atoms with Crippen molar-refractivity contribution in [1.29, 1.82) is 0 Å². The van der Waals surface area contributed by atoms with E-state index in [9.17, 15) is 18.7 Å². The highest BCUT2D eigenvalue weighted by Crippen LogP contribution is 2.47. The molecule has 0 fully saturated rings. The standard InChI is InChI=1S/C11H10F2O3/c1-16-10(15)6-2-3-8-7(4-6)9(14)5-11(8,12)13/h2-4,9,14H,5H2,1H3/t9-/m0/s1. The fraction of sp³-hybridized carbons (Fsp3) is 0.364. The highest BCUT2D eigenvalue weighted by molar-refractivity contribution is 5.89. The molecule has 2 rings (SSSR count). The predicted octanol–water partition coefficient (Wildman–Crippen LogP) is 2.00. The summed E-state index contributed by atoms with van der Waals surface area (Å²) in [6.45, 7) is 0. The monoisotopic (exact) mass is 228 g/mol. The third kappa shape index (κ3) is 1.57. The van der Waals surface area contributed by atoms with Crippen LogP contribution in [-0.4, -0.2) is 18.2 Å². The topological polar surface area (TPSA) is 46.5 Å². The summed E-state index contributed by atoms with van der Waals surface area (Å²) in [5.74, 6) is -3.63. The number of benzene rings is 1. The van der Waals surface area contributed by atoms with Crippen molar-refractivity contribution in [3.63, 3.8) is 0 Å². The van der Waals surface area contributed by atoms with Crippen LogP contribution >= 0.6 is 0 Å². The molecule has 1 aliphatic rings. The molecule has 0 saturated carbocycles. The van der Waals surface area contributed by atoms with Crippen LogP contribution in [0.1, 0.15) is 34.0 Å². The lowest BCUT2D eigenvalue weighted by molar-refractivity contribution is -0.0294. The normalized spacial score (nSPS) is 21.6. The molecule has 5 heteroatoms. The minimum atomic E-state index is -3.02. The van der Waals surface area contributed by atoms with E-state index < -0.39 is 24.4 Å². The molecule has 3 nitrogen and oxygen atoms in total. The van der Waals surface area contributed by atoms with E-state index in [-0.39, 0.29) is 16.7 Å². The number of rotatable bonds is 1. The molecule has 0 radical (unpaired) electrons. The van der Waals surface area contributed by atoms with Crippen LogP contribution in [0.15, 0.2) is 18.2 Å². The van der Waals surface area contributed by atoms with E-state index in [2.05, 4.69) is 4.74 Å². The summed E-state index contributed by atoms with van der Waals surface area (Å²) in [5.41, 5.74) is 0.0542. The number of halogens is 2. The minimum Gasteiger partial charge on any atom is -0.465 e. The number of aliphatic hydroxyl groups is 1. The predicted molar refractivity (Wildman–Crippen MR) is 51.3 cm³/mol. The van der Waals surface area contributed by atoms with Crippen molar-refractivity contribution < 1.29 is 23.4 Å². The first-order chi connectivity index (χ1) is 7.45. The van der Waals surface area contributed by atoms with Gasteiger partial charge in [0.1, 0.15) is 0 Å². The van der Waals surface area contributed by atoms with Crippen LogP contribution in [0.5, 0.6) is 0 Å². The number of methoxy groups -OCH3 is 1. The molecule has 0 unspecified atom stereocenters. The van der Waals surface area contributed by atoms with E-state index in [1.807, 2.05) is 0 Å². The Morgan fingerprint density at radius 1 is 1.56 bits per heavy atom. The molecule has 1 aliphatic carbocycles. The molecule has 0 bridgehead atoms. The lowest BCUT2D eigenvalue weighted by Gasteiger charge is -2.09. The average Bonchev–Trinajstić information content (AvgIpc) is 2.48. The second kappa shape index (κ2) is 3.52. The zero-order valence-corrected chi connectivity index (χ0v) is 8.54. The molecule has 0 spiro atoms. The summed E-state index contributed by atoms with van der Waals surface area (Å²) < 4.78 is 31.1. The van der Waals surface area contributed by atoms with E-state index in [4.69, 9.17) is 0 Å². The highest BCUT2D eigenvalue weighted by Gasteiger charge is 2.44. The molecule has 1 N–H and O–H groups in total. The van der Waals surface area contributed by atoms with Gasteiger partial charge in [0.25, 0.3) is 5.92 Å². The second-order valence-corrected chi connectivity index (χ2v) is 3.72. The maximum atomic E-state index is 13.3. The number of fused-ring (bicyclic) bond motifs is 1. The summed E-state index contributed by atoms with van der Waals surface area (Å²) in [6.07, 6.45) is -1.86. The van der Waals surface area contributed by atoms with Crippen molar-refractivity contribution >= 4 is 5.97 Å². The number of ether oxygens (including phenoxy) is 1. The Labute approximate surface area is 90.7 Å². The molecule has 86 valence electrons. The number of esters is 1. The molecule has 0 saturated heterocycles. The van der Waals surface area contributed by atoms with Crippen LogP contribution in [0.4, 0.5) is 8.78 Å².